The van der Waals surface area contributed by atoms with Crippen LogP contribution in [0.5, 0.6) is 0 Å². The van der Waals surface area contributed by atoms with E-state index in [9.17, 15) is 14.4 Å². The Hall–Kier alpha value is -0.945. The summed E-state index contributed by atoms with van der Waals surface area (Å²) in [5.41, 5.74) is 0.768. The number of rotatable bonds is 2. The number of benzene rings is 1. The Bertz CT molecular complexity index is 391. The Labute approximate surface area is 92.8 Å². The topological polar surface area (TPSA) is 58.9 Å². The number of hydrogen-bond acceptors (Lipinski definition) is 4. The van der Waals surface area contributed by atoms with Gasteiger partial charge >= 0.3 is 7.12 Å². The molecule has 1 aliphatic rings. The van der Waals surface area contributed by atoms with Crippen molar-refractivity contribution in [2.24, 2.45) is 0 Å². The van der Waals surface area contributed by atoms with Crippen LogP contribution in [0.25, 0.3) is 0 Å². The minimum atomic E-state index is -1.74. The normalized spacial score (nSPS) is 16.8. The van der Waals surface area contributed by atoms with E-state index >= 15 is 0 Å². The predicted octanol–water partition coefficient (Wildman–Crippen LogP) is -0.141. The SMILES string of the molecule is Cc1cc(F)c(C2OCCO2)c(B(O)O)c1. The van der Waals surface area contributed by atoms with E-state index in [1.807, 2.05) is 0 Å². The summed E-state index contributed by atoms with van der Waals surface area (Å²) < 4.78 is 24.1. The molecule has 1 heterocycles. The maximum Gasteiger partial charge on any atom is 0.489 e. The number of ether oxygens (including phenoxy) is 2. The molecule has 1 aliphatic heterocycles. The molecular formula is C10H12BFO4. The maximum absolute atomic E-state index is 13.7. The van der Waals surface area contributed by atoms with Gasteiger partial charge in [0.05, 0.1) is 13.2 Å². The smallest absolute Gasteiger partial charge is 0.423 e. The lowest BCUT2D eigenvalue weighted by Gasteiger charge is -2.16. The summed E-state index contributed by atoms with van der Waals surface area (Å²) in [4.78, 5) is 0. The molecule has 2 N–H and O–H groups in total. The van der Waals surface area contributed by atoms with E-state index in [0.29, 0.717) is 18.8 Å². The lowest BCUT2D eigenvalue weighted by Crippen LogP contribution is -2.35. The molecule has 1 aromatic carbocycles. The Balaban J connectivity index is 2.48. The standard InChI is InChI=1S/C10H12BFO4/c1-6-4-7(11(13)14)9(8(12)5-6)10-15-2-3-16-10/h4-5,10,13-14H,2-3H2,1H3. The molecule has 0 aromatic heterocycles. The Kier molecular flexibility index (Phi) is 3.25. The van der Waals surface area contributed by atoms with Crippen LogP contribution in [0.1, 0.15) is 17.4 Å². The molecule has 86 valence electrons. The third-order valence-electron chi connectivity index (χ3n) is 2.44. The summed E-state index contributed by atoms with van der Waals surface area (Å²) in [6.07, 6.45) is -0.850. The van der Waals surface area contributed by atoms with Crippen LogP contribution in [0.4, 0.5) is 4.39 Å². The van der Waals surface area contributed by atoms with E-state index in [1.54, 1.807) is 6.92 Å². The first kappa shape index (κ1) is 11.5. The van der Waals surface area contributed by atoms with Gasteiger partial charge in [0.2, 0.25) is 0 Å². The number of halogens is 1. The fraction of sp³-hybridized carbons (Fsp3) is 0.400. The van der Waals surface area contributed by atoms with Crippen LogP contribution in [0.15, 0.2) is 12.1 Å². The van der Waals surface area contributed by atoms with E-state index < -0.39 is 19.2 Å². The van der Waals surface area contributed by atoms with Gasteiger partial charge in [0.25, 0.3) is 0 Å². The molecule has 0 saturated carbocycles. The van der Waals surface area contributed by atoms with Crippen molar-refractivity contribution in [1.29, 1.82) is 0 Å². The van der Waals surface area contributed by atoms with Crippen molar-refractivity contribution in [1.82, 2.24) is 0 Å². The average Bonchev–Trinajstić information content (AvgIpc) is 2.69. The molecule has 0 unspecified atom stereocenters. The molecular weight excluding hydrogens is 214 g/mol. The van der Waals surface area contributed by atoms with Crippen LogP contribution in [-0.4, -0.2) is 30.4 Å². The summed E-state index contributed by atoms with van der Waals surface area (Å²) in [6, 6.07) is 2.82. The first-order chi connectivity index (χ1) is 7.59. The second kappa shape index (κ2) is 4.51. The summed E-state index contributed by atoms with van der Waals surface area (Å²) in [6.45, 7) is 2.42. The van der Waals surface area contributed by atoms with Crippen molar-refractivity contribution >= 4 is 12.6 Å². The summed E-state index contributed by atoms with van der Waals surface area (Å²) in [7, 11) is -1.74. The Morgan fingerprint density at radius 2 is 1.94 bits per heavy atom. The molecule has 0 spiro atoms. The minimum absolute atomic E-state index is 0.0677. The van der Waals surface area contributed by atoms with Gasteiger partial charge in [-0.3, -0.25) is 0 Å². The van der Waals surface area contributed by atoms with Crippen molar-refractivity contribution < 1.29 is 23.9 Å². The first-order valence-electron chi connectivity index (χ1n) is 4.99. The van der Waals surface area contributed by atoms with Crippen LogP contribution in [0.2, 0.25) is 0 Å². The second-order valence-corrected chi connectivity index (χ2v) is 3.70. The lowest BCUT2D eigenvalue weighted by atomic mass is 9.76. The quantitative estimate of drug-likeness (QED) is 0.689. The van der Waals surface area contributed by atoms with Crippen LogP contribution >= 0.6 is 0 Å². The van der Waals surface area contributed by atoms with Gasteiger partial charge in [0.1, 0.15) is 5.82 Å². The summed E-state index contributed by atoms with van der Waals surface area (Å²) in [5.74, 6) is -0.546. The molecule has 1 fully saturated rings. The van der Waals surface area contributed by atoms with Crippen LogP contribution in [0.3, 0.4) is 0 Å². The van der Waals surface area contributed by atoms with E-state index in [2.05, 4.69) is 0 Å². The highest BCUT2D eigenvalue weighted by Crippen LogP contribution is 2.25. The zero-order valence-electron chi connectivity index (χ0n) is 8.81. The largest absolute Gasteiger partial charge is 0.489 e. The van der Waals surface area contributed by atoms with Gasteiger partial charge in [-0.15, -0.1) is 0 Å². The van der Waals surface area contributed by atoms with Crippen LogP contribution in [0, 0.1) is 12.7 Å². The zero-order valence-corrected chi connectivity index (χ0v) is 8.81. The third kappa shape index (κ3) is 2.10. The molecule has 1 saturated heterocycles. The Morgan fingerprint density at radius 1 is 1.31 bits per heavy atom. The van der Waals surface area contributed by atoms with Crippen molar-refractivity contribution in [2.75, 3.05) is 13.2 Å². The highest BCUT2D eigenvalue weighted by Gasteiger charge is 2.29. The monoisotopic (exact) mass is 226 g/mol. The molecule has 4 nitrogen and oxygen atoms in total. The minimum Gasteiger partial charge on any atom is -0.423 e. The van der Waals surface area contributed by atoms with Gasteiger partial charge < -0.3 is 19.5 Å². The van der Waals surface area contributed by atoms with E-state index in [1.165, 1.54) is 12.1 Å². The van der Waals surface area contributed by atoms with Crippen LogP contribution < -0.4 is 5.46 Å². The van der Waals surface area contributed by atoms with E-state index in [4.69, 9.17) is 9.47 Å². The molecule has 0 radical (unpaired) electrons. The average molecular weight is 226 g/mol. The van der Waals surface area contributed by atoms with Crippen LogP contribution in [-0.2, 0) is 9.47 Å². The van der Waals surface area contributed by atoms with Gasteiger partial charge in [0, 0.05) is 5.56 Å². The fourth-order valence-electron chi connectivity index (χ4n) is 1.77. The maximum atomic E-state index is 13.7. The molecule has 16 heavy (non-hydrogen) atoms. The molecule has 1 aromatic rings. The van der Waals surface area contributed by atoms with Crippen molar-refractivity contribution in [3.8, 4) is 0 Å². The fourth-order valence-corrected chi connectivity index (χ4v) is 1.77. The highest BCUT2D eigenvalue weighted by atomic mass is 19.1. The molecule has 0 aliphatic carbocycles. The molecule has 0 amide bonds. The van der Waals surface area contributed by atoms with E-state index in [-0.39, 0.29) is 11.0 Å². The lowest BCUT2D eigenvalue weighted by molar-refractivity contribution is -0.0458. The zero-order chi connectivity index (χ0) is 11.7. The molecule has 0 bridgehead atoms. The highest BCUT2D eigenvalue weighted by molar-refractivity contribution is 6.59. The van der Waals surface area contributed by atoms with E-state index in [0.717, 1.165) is 0 Å². The summed E-state index contributed by atoms with van der Waals surface area (Å²) in [5, 5.41) is 18.4. The van der Waals surface area contributed by atoms with Crippen molar-refractivity contribution in [3.05, 3.63) is 29.1 Å². The number of aryl methyl sites for hydroxylation is 1. The van der Waals surface area contributed by atoms with Gasteiger partial charge in [-0.1, -0.05) is 6.07 Å². The summed E-state index contributed by atoms with van der Waals surface area (Å²) >= 11 is 0. The van der Waals surface area contributed by atoms with Crippen molar-refractivity contribution in [2.45, 2.75) is 13.2 Å². The third-order valence-corrected chi connectivity index (χ3v) is 2.44. The Morgan fingerprint density at radius 3 is 2.50 bits per heavy atom. The molecule has 0 atom stereocenters. The molecule has 2 rings (SSSR count). The molecule has 6 heteroatoms. The number of hydrogen-bond donors (Lipinski definition) is 2. The van der Waals surface area contributed by atoms with Gasteiger partial charge in [-0.05, 0) is 24.0 Å². The van der Waals surface area contributed by atoms with Crippen molar-refractivity contribution in [3.63, 3.8) is 0 Å². The predicted molar refractivity (Wildman–Crippen MR) is 55.6 cm³/mol. The first-order valence-corrected chi connectivity index (χ1v) is 4.99. The van der Waals surface area contributed by atoms with Gasteiger partial charge in [-0.25, -0.2) is 4.39 Å². The van der Waals surface area contributed by atoms with Gasteiger partial charge in [-0.2, -0.15) is 0 Å². The van der Waals surface area contributed by atoms with Gasteiger partial charge in [0.15, 0.2) is 6.29 Å². The second-order valence-electron chi connectivity index (χ2n) is 3.70.